The van der Waals surface area contributed by atoms with E-state index >= 15 is 0 Å². The molecular weight excluding hydrogens is 264 g/mol. The first-order valence-electron chi connectivity index (χ1n) is 5.12. The highest BCUT2D eigenvalue weighted by Gasteiger charge is 2.40. The van der Waals surface area contributed by atoms with Crippen LogP contribution in [-0.2, 0) is 19.7 Å². The van der Waals surface area contributed by atoms with E-state index in [1.165, 1.54) is 13.8 Å². The molecule has 0 fully saturated rings. The van der Waals surface area contributed by atoms with Crippen molar-refractivity contribution >= 4 is 22.3 Å². The van der Waals surface area contributed by atoms with E-state index in [0.717, 1.165) is 7.05 Å². The number of hydrogen-bond acceptors (Lipinski definition) is 5. The molecule has 0 aromatic rings. The molecule has 0 aromatic heterocycles. The van der Waals surface area contributed by atoms with Gasteiger partial charge in [0.15, 0.2) is 0 Å². The molecule has 0 saturated carbocycles. The van der Waals surface area contributed by atoms with Crippen LogP contribution in [0.1, 0.15) is 27.7 Å². The summed E-state index contributed by atoms with van der Waals surface area (Å²) in [7, 11) is -3.23. The second-order valence-electron chi connectivity index (χ2n) is 4.39. The zero-order valence-corrected chi connectivity index (χ0v) is 11.7. The minimum atomic E-state index is -4.28. The van der Waals surface area contributed by atoms with Crippen LogP contribution < -0.4 is 4.72 Å². The summed E-state index contributed by atoms with van der Waals surface area (Å²) in [5, 5.41) is 8.90. The number of hydrogen-bond donors (Lipinski definition) is 2. The Morgan fingerprint density at radius 1 is 1.33 bits per heavy atom. The van der Waals surface area contributed by atoms with E-state index in [1.807, 2.05) is 0 Å². The number of carboxylic acids is 1. The van der Waals surface area contributed by atoms with Crippen molar-refractivity contribution in [3.63, 3.8) is 0 Å². The zero-order chi connectivity index (χ0) is 14.7. The van der Waals surface area contributed by atoms with Gasteiger partial charge in [-0.05, 0) is 27.7 Å². The lowest BCUT2D eigenvalue weighted by Gasteiger charge is -2.30. The normalized spacial score (nSPS) is 12.6. The lowest BCUT2D eigenvalue weighted by atomic mass is 10.1. The molecule has 8 nitrogen and oxygen atoms in total. The van der Waals surface area contributed by atoms with Crippen molar-refractivity contribution in [3.8, 4) is 0 Å². The van der Waals surface area contributed by atoms with Gasteiger partial charge in [0.05, 0.1) is 6.10 Å². The molecule has 0 radical (unpaired) electrons. The Hall–Kier alpha value is -1.35. The van der Waals surface area contributed by atoms with Gasteiger partial charge in [-0.2, -0.15) is 12.7 Å². The van der Waals surface area contributed by atoms with E-state index in [1.54, 1.807) is 18.6 Å². The standard InChI is InChI=1S/C9H18N2O6S/c1-6(2)17-8(14)10-18(15,16)11(5)9(3,4)7(12)13/h6H,1-5H3,(H,10,14)(H,12,13). The van der Waals surface area contributed by atoms with Gasteiger partial charge in [0, 0.05) is 7.05 Å². The highest BCUT2D eigenvalue weighted by atomic mass is 32.2. The van der Waals surface area contributed by atoms with Crippen molar-refractivity contribution in [2.45, 2.75) is 39.3 Å². The molecule has 0 bridgehead atoms. The van der Waals surface area contributed by atoms with Crippen LogP contribution >= 0.6 is 0 Å². The van der Waals surface area contributed by atoms with E-state index in [4.69, 9.17) is 5.11 Å². The van der Waals surface area contributed by atoms with Crippen molar-refractivity contribution in [2.24, 2.45) is 0 Å². The van der Waals surface area contributed by atoms with Crippen LogP contribution in [0.25, 0.3) is 0 Å². The lowest BCUT2D eigenvalue weighted by Crippen LogP contribution is -2.55. The predicted octanol–water partition coefficient (Wildman–Crippen LogP) is 0.161. The highest BCUT2D eigenvalue weighted by molar-refractivity contribution is 7.87. The summed E-state index contributed by atoms with van der Waals surface area (Å²) in [5.41, 5.74) is -1.69. The van der Waals surface area contributed by atoms with Crippen LogP contribution in [0.15, 0.2) is 0 Å². The number of ether oxygens (including phenoxy) is 1. The second kappa shape index (κ2) is 5.53. The van der Waals surface area contributed by atoms with Crippen LogP contribution in [-0.4, -0.2) is 48.6 Å². The quantitative estimate of drug-likeness (QED) is 0.742. The average molecular weight is 282 g/mol. The van der Waals surface area contributed by atoms with E-state index in [0.29, 0.717) is 4.31 Å². The maximum Gasteiger partial charge on any atom is 0.422 e. The molecule has 0 aliphatic rings. The molecule has 0 saturated heterocycles. The first kappa shape index (κ1) is 16.6. The molecule has 0 unspecified atom stereocenters. The number of aliphatic carboxylic acids is 1. The maximum absolute atomic E-state index is 11.7. The fourth-order valence-corrected chi connectivity index (χ4v) is 1.92. The number of rotatable bonds is 5. The molecule has 0 heterocycles. The minimum absolute atomic E-state index is 0.488. The summed E-state index contributed by atoms with van der Waals surface area (Å²) >= 11 is 0. The lowest BCUT2D eigenvalue weighted by molar-refractivity contribution is -0.145. The van der Waals surface area contributed by atoms with Gasteiger partial charge >= 0.3 is 22.3 Å². The number of nitrogens with one attached hydrogen (secondary N) is 1. The van der Waals surface area contributed by atoms with Crippen molar-refractivity contribution in [2.75, 3.05) is 7.05 Å². The molecule has 0 rings (SSSR count). The molecule has 106 valence electrons. The molecular formula is C9H18N2O6S. The number of amides is 1. The molecule has 0 aliphatic carbocycles. The van der Waals surface area contributed by atoms with E-state index in [-0.39, 0.29) is 0 Å². The van der Waals surface area contributed by atoms with Gasteiger partial charge in [0.1, 0.15) is 5.54 Å². The summed E-state index contributed by atoms with van der Waals surface area (Å²) in [5.74, 6) is -1.34. The Balaban J connectivity index is 4.96. The van der Waals surface area contributed by atoms with Gasteiger partial charge in [-0.25, -0.2) is 9.52 Å². The SMILES string of the molecule is CC(C)OC(=O)NS(=O)(=O)N(C)C(C)(C)C(=O)O. The third kappa shape index (κ3) is 4.15. The number of carboxylic acid groups (broad SMARTS) is 1. The molecule has 18 heavy (non-hydrogen) atoms. The fraction of sp³-hybridized carbons (Fsp3) is 0.778. The van der Waals surface area contributed by atoms with Gasteiger partial charge in [-0.3, -0.25) is 4.79 Å². The summed E-state index contributed by atoms with van der Waals surface area (Å²) in [6, 6.07) is 0. The highest BCUT2D eigenvalue weighted by Crippen LogP contribution is 2.15. The Morgan fingerprint density at radius 3 is 2.11 bits per heavy atom. The Morgan fingerprint density at radius 2 is 1.78 bits per heavy atom. The third-order valence-electron chi connectivity index (χ3n) is 2.23. The third-order valence-corrected chi connectivity index (χ3v) is 3.83. The molecule has 0 aromatic carbocycles. The summed E-state index contributed by atoms with van der Waals surface area (Å²) in [6.07, 6.45) is -1.64. The minimum Gasteiger partial charge on any atom is -0.480 e. The van der Waals surface area contributed by atoms with Crippen molar-refractivity contribution in [1.82, 2.24) is 9.03 Å². The summed E-state index contributed by atoms with van der Waals surface area (Å²) < 4.78 is 30.2. The largest absolute Gasteiger partial charge is 0.480 e. The molecule has 2 N–H and O–H groups in total. The first-order chi connectivity index (χ1) is 7.91. The molecule has 0 spiro atoms. The van der Waals surface area contributed by atoms with Crippen LogP contribution in [0.5, 0.6) is 0 Å². The summed E-state index contributed by atoms with van der Waals surface area (Å²) in [6.45, 7) is 5.50. The van der Waals surface area contributed by atoms with Crippen LogP contribution in [0.4, 0.5) is 4.79 Å². The van der Waals surface area contributed by atoms with Crippen LogP contribution in [0, 0.1) is 0 Å². The van der Waals surface area contributed by atoms with E-state index in [9.17, 15) is 18.0 Å². The van der Waals surface area contributed by atoms with Gasteiger partial charge in [0.25, 0.3) is 0 Å². The maximum atomic E-state index is 11.7. The first-order valence-corrected chi connectivity index (χ1v) is 6.56. The fourth-order valence-electron chi connectivity index (χ4n) is 0.847. The van der Waals surface area contributed by atoms with Gasteiger partial charge in [0.2, 0.25) is 0 Å². The van der Waals surface area contributed by atoms with Gasteiger partial charge in [-0.15, -0.1) is 0 Å². The number of nitrogens with zero attached hydrogens (tertiary/aromatic N) is 1. The average Bonchev–Trinajstić information content (AvgIpc) is 2.13. The monoisotopic (exact) mass is 282 g/mol. The van der Waals surface area contributed by atoms with E-state index < -0.39 is 33.9 Å². The van der Waals surface area contributed by atoms with Gasteiger partial charge in [-0.1, -0.05) is 0 Å². The molecule has 0 aliphatic heterocycles. The number of carbonyl (C=O) groups is 2. The zero-order valence-electron chi connectivity index (χ0n) is 10.9. The van der Waals surface area contributed by atoms with E-state index in [2.05, 4.69) is 4.74 Å². The van der Waals surface area contributed by atoms with Crippen LogP contribution in [0.3, 0.4) is 0 Å². The van der Waals surface area contributed by atoms with Crippen LogP contribution in [0.2, 0.25) is 0 Å². The Kier molecular flexibility index (Phi) is 5.11. The smallest absolute Gasteiger partial charge is 0.422 e. The van der Waals surface area contributed by atoms with Crippen molar-refractivity contribution < 1.29 is 27.9 Å². The Labute approximate surface area is 106 Å². The molecule has 1 amide bonds. The number of likely N-dealkylation sites (N-methyl/N-ethyl adjacent to an activating group) is 1. The topological polar surface area (TPSA) is 113 Å². The molecule has 0 atom stereocenters. The molecule has 9 heteroatoms. The summed E-state index contributed by atoms with van der Waals surface area (Å²) in [4.78, 5) is 22.1. The Bertz CT molecular complexity index is 428. The van der Waals surface area contributed by atoms with Crippen molar-refractivity contribution in [3.05, 3.63) is 0 Å². The van der Waals surface area contributed by atoms with Crippen molar-refractivity contribution in [1.29, 1.82) is 0 Å². The predicted molar refractivity (Wildman–Crippen MR) is 63.2 cm³/mol. The van der Waals surface area contributed by atoms with Gasteiger partial charge < -0.3 is 9.84 Å². The number of carbonyl (C=O) groups excluding carboxylic acids is 1. The second-order valence-corrected chi connectivity index (χ2v) is 6.09.